The highest BCUT2D eigenvalue weighted by Gasteiger charge is 2.39. The van der Waals surface area contributed by atoms with Gasteiger partial charge in [-0.05, 0) is 42.7 Å². The fourth-order valence-electron chi connectivity index (χ4n) is 3.65. The minimum Gasteiger partial charge on any atom is -0.497 e. The number of sulfonamides is 1. The van der Waals surface area contributed by atoms with Gasteiger partial charge in [0.1, 0.15) is 17.5 Å². The van der Waals surface area contributed by atoms with E-state index in [2.05, 4.69) is 4.72 Å². The third-order valence-corrected chi connectivity index (χ3v) is 7.20. The Hall–Kier alpha value is -2.71. The topological polar surface area (TPSA) is 148 Å². The molecule has 0 heterocycles. The van der Waals surface area contributed by atoms with Crippen LogP contribution in [0.1, 0.15) is 31.2 Å². The van der Waals surface area contributed by atoms with Crippen LogP contribution in [0.2, 0.25) is 0 Å². The van der Waals surface area contributed by atoms with E-state index in [0.29, 0.717) is 5.75 Å². The number of benzene rings is 2. The van der Waals surface area contributed by atoms with Gasteiger partial charge in [-0.25, -0.2) is 13.2 Å². The molecule has 2 aromatic carbocycles. The van der Waals surface area contributed by atoms with Crippen molar-refractivity contribution in [2.45, 2.75) is 61.0 Å². The van der Waals surface area contributed by atoms with Crippen LogP contribution in [-0.4, -0.2) is 62.4 Å². The molecule has 0 aromatic heterocycles. The monoisotopic (exact) mass is 548 g/mol. The van der Waals surface area contributed by atoms with E-state index in [-0.39, 0.29) is 24.0 Å². The van der Waals surface area contributed by atoms with Crippen molar-refractivity contribution in [3.8, 4) is 5.75 Å². The van der Waals surface area contributed by atoms with Crippen molar-refractivity contribution in [1.29, 1.82) is 0 Å². The Kier molecular flexibility index (Phi) is 10.9. The highest BCUT2D eigenvalue weighted by Crippen LogP contribution is 2.24. The normalized spacial score (nSPS) is 16.8. The number of halogens is 3. The maximum atomic E-state index is 13.0. The molecule has 5 N–H and O–H groups in total. The molecule has 0 amide bonds. The molecule has 37 heavy (non-hydrogen) atoms. The van der Waals surface area contributed by atoms with Crippen LogP contribution in [-0.2, 0) is 26.0 Å². The number of rotatable bonds is 10. The van der Waals surface area contributed by atoms with E-state index >= 15 is 0 Å². The maximum Gasteiger partial charge on any atom is 0.490 e. The number of aliphatic hydroxyl groups is 1. The quantitative estimate of drug-likeness (QED) is 0.331. The lowest BCUT2D eigenvalue weighted by Gasteiger charge is -2.35. The van der Waals surface area contributed by atoms with Gasteiger partial charge in [0.15, 0.2) is 0 Å². The van der Waals surface area contributed by atoms with Crippen molar-refractivity contribution in [2.24, 2.45) is 5.73 Å². The molecular weight excluding hydrogens is 517 g/mol. The zero-order chi connectivity index (χ0) is 27.7. The molecule has 2 aromatic rings. The first kappa shape index (κ1) is 30.5. The lowest BCUT2D eigenvalue weighted by Crippen LogP contribution is -2.66. The standard InChI is InChI=1S/C22H30N2O5S.C2HF3O2/c1-28-18-11-13-20(14-12-18)30(26,27)24-22(23,15-17-7-3-2-4-8-17)21(25)16-29-19-9-5-6-10-19;3-2(4,5)1(6)7/h2-4,7-8,11-14,19,21,24-25H,5-6,9-10,15-16,23H2,1H3;(H,6,7)/t21-,22-;/m0./s1. The first-order valence-electron chi connectivity index (χ1n) is 11.4. The van der Waals surface area contributed by atoms with E-state index in [1.165, 1.54) is 19.2 Å². The molecule has 206 valence electrons. The molecule has 0 spiro atoms. The number of aliphatic carboxylic acids is 1. The predicted molar refractivity (Wildman–Crippen MR) is 128 cm³/mol. The van der Waals surface area contributed by atoms with Crippen molar-refractivity contribution in [3.63, 3.8) is 0 Å². The van der Waals surface area contributed by atoms with Crippen molar-refractivity contribution in [2.75, 3.05) is 13.7 Å². The third kappa shape index (κ3) is 9.59. The molecule has 3 rings (SSSR count). The maximum absolute atomic E-state index is 13.0. The Morgan fingerprint density at radius 1 is 1.11 bits per heavy atom. The number of aliphatic hydroxyl groups excluding tert-OH is 1. The summed E-state index contributed by atoms with van der Waals surface area (Å²) in [5, 5.41) is 18.0. The van der Waals surface area contributed by atoms with Gasteiger partial charge in [-0.2, -0.15) is 17.9 Å². The Balaban J connectivity index is 0.000000604. The number of alkyl halides is 3. The first-order chi connectivity index (χ1) is 17.3. The van der Waals surface area contributed by atoms with Crippen LogP contribution in [0, 0.1) is 0 Å². The van der Waals surface area contributed by atoms with Gasteiger partial charge in [-0.3, -0.25) is 0 Å². The van der Waals surface area contributed by atoms with Crippen molar-refractivity contribution >= 4 is 16.0 Å². The van der Waals surface area contributed by atoms with E-state index in [9.17, 15) is 26.7 Å². The largest absolute Gasteiger partial charge is 0.497 e. The number of nitrogens with one attached hydrogen (secondary N) is 1. The van der Waals surface area contributed by atoms with Crippen LogP contribution in [0.15, 0.2) is 59.5 Å². The second-order valence-electron chi connectivity index (χ2n) is 8.54. The number of methoxy groups -OCH3 is 1. The zero-order valence-corrected chi connectivity index (χ0v) is 21.0. The molecular formula is C24H31F3N2O7S. The molecule has 1 saturated carbocycles. The highest BCUT2D eigenvalue weighted by molar-refractivity contribution is 7.89. The number of carbonyl (C=O) groups is 1. The van der Waals surface area contributed by atoms with E-state index < -0.39 is 33.9 Å². The number of ether oxygens (including phenoxy) is 2. The third-order valence-electron chi connectivity index (χ3n) is 5.66. The summed E-state index contributed by atoms with van der Waals surface area (Å²) in [6.45, 7) is -0.0425. The molecule has 13 heteroatoms. The van der Waals surface area contributed by atoms with Crippen LogP contribution in [0.3, 0.4) is 0 Å². The van der Waals surface area contributed by atoms with Gasteiger partial charge in [-0.1, -0.05) is 43.2 Å². The SMILES string of the molecule is COc1ccc(S(=O)(=O)N[C@@](N)(Cc2ccccc2)[C@@H](O)COC2CCCC2)cc1.O=C(O)C(F)(F)F. The minimum absolute atomic E-state index is 0.0371. The summed E-state index contributed by atoms with van der Waals surface area (Å²) in [4.78, 5) is 8.93. The van der Waals surface area contributed by atoms with Crippen LogP contribution in [0.4, 0.5) is 13.2 Å². The summed E-state index contributed by atoms with van der Waals surface area (Å²) in [6.07, 6.45) is -2.03. The second-order valence-corrected chi connectivity index (χ2v) is 10.2. The van der Waals surface area contributed by atoms with Gasteiger partial charge in [0.2, 0.25) is 10.0 Å². The van der Waals surface area contributed by atoms with Crippen LogP contribution in [0.25, 0.3) is 0 Å². The number of nitrogens with two attached hydrogens (primary N) is 1. The summed E-state index contributed by atoms with van der Waals surface area (Å²) < 4.78 is 71.2. The Morgan fingerprint density at radius 2 is 1.65 bits per heavy atom. The van der Waals surface area contributed by atoms with Crippen molar-refractivity contribution in [3.05, 3.63) is 60.2 Å². The summed E-state index contributed by atoms with van der Waals surface area (Å²) >= 11 is 0. The fraction of sp³-hybridized carbons (Fsp3) is 0.458. The molecule has 1 aliphatic rings. The van der Waals surface area contributed by atoms with E-state index in [1.807, 2.05) is 30.3 Å². The van der Waals surface area contributed by atoms with E-state index in [0.717, 1.165) is 31.2 Å². The van der Waals surface area contributed by atoms with E-state index in [1.54, 1.807) is 12.1 Å². The average molecular weight is 549 g/mol. The smallest absolute Gasteiger partial charge is 0.490 e. The predicted octanol–water partition coefficient (Wildman–Crippen LogP) is 2.82. The second kappa shape index (κ2) is 13.2. The molecule has 2 atom stereocenters. The zero-order valence-electron chi connectivity index (χ0n) is 20.1. The molecule has 0 unspecified atom stereocenters. The van der Waals surface area contributed by atoms with Gasteiger partial charge in [0, 0.05) is 6.42 Å². The lowest BCUT2D eigenvalue weighted by atomic mass is 9.96. The molecule has 0 bridgehead atoms. The number of carboxylic acids is 1. The molecule has 9 nitrogen and oxygen atoms in total. The van der Waals surface area contributed by atoms with Gasteiger partial charge >= 0.3 is 12.1 Å². The summed E-state index contributed by atoms with van der Waals surface area (Å²) in [6, 6.07) is 15.2. The molecule has 1 aliphatic carbocycles. The number of carboxylic acid groups (broad SMARTS) is 1. The Morgan fingerprint density at radius 3 is 2.14 bits per heavy atom. The first-order valence-corrected chi connectivity index (χ1v) is 12.9. The van der Waals surface area contributed by atoms with Gasteiger partial charge in [-0.15, -0.1) is 0 Å². The molecule has 1 fully saturated rings. The number of hydrogen-bond acceptors (Lipinski definition) is 7. The van der Waals surface area contributed by atoms with Gasteiger partial charge in [0.05, 0.1) is 24.7 Å². The fourth-order valence-corrected chi connectivity index (χ4v) is 4.97. The average Bonchev–Trinajstić information content (AvgIpc) is 3.36. The Labute approximate surface area is 213 Å². The summed E-state index contributed by atoms with van der Waals surface area (Å²) in [5.41, 5.74) is 5.66. The Bertz CT molecular complexity index is 1090. The molecule has 0 aliphatic heterocycles. The van der Waals surface area contributed by atoms with Crippen LogP contribution < -0.4 is 15.2 Å². The van der Waals surface area contributed by atoms with Gasteiger partial charge < -0.3 is 25.4 Å². The van der Waals surface area contributed by atoms with Crippen LogP contribution in [0.5, 0.6) is 5.75 Å². The number of hydrogen-bond donors (Lipinski definition) is 4. The van der Waals surface area contributed by atoms with E-state index in [4.69, 9.17) is 25.1 Å². The summed E-state index contributed by atoms with van der Waals surface area (Å²) in [7, 11) is -2.48. The van der Waals surface area contributed by atoms with Crippen molar-refractivity contribution in [1.82, 2.24) is 4.72 Å². The van der Waals surface area contributed by atoms with Crippen molar-refractivity contribution < 1.29 is 46.1 Å². The lowest BCUT2D eigenvalue weighted by molar-refractivity contribution is -0.192. The highest BCUT2D eigenvalue weighted by atomic mass is 32.2. The summed E-state index contributed by atoms with van der Waals surface area (Å²) in [5.74, 6) is -2.21. The van der Waals surface area contributed by atoms with Gasteiger partial charge in [0.25, 0.3) is 0 Å². The molecule has 0 radical (unpaired) electrons. The minimum atomic E-state index is -5.08. The van der Waals surface area contributed by atoms with Crippen LogP contribution >= 0.6 is 0 Å². The molecule has 0 saturated heterocycles.